The van der Waals surface area contributed by atoms with E-state index in [1.165, 1.54) is 25.0 Å². The molecular formula is C19H25N5O4. The van der Waals surface area contributed by atoms with Gasteiger partial charge in [0, 0.05) is 43.9 Å². The molecule has 1 aromatic carbocycles. The van der Waals surface area contributed by atoms with E-state index in [9.17, 15) is 10.1 Å². The first kappa shape index (κ1) is 19.0. The fraction of sp³-hybridized carbons (Fsp3) is 0.579. The maximum atomic E-state index is 10.9. The summed E-state index contributed by atoms with van der Waals surface area (Å²) < 4.78 is 11.1. The second-order valence-corrected chi connectivity index (χ2v) is 7.38. The smallest absolute Gasteiger partial charge is 0.270 e. The number of hydrogen-bond acceptors (Lipinski definition) is 8. The van der Waals surface area contributed by atoms with E-state index in [0.717, 1.165) is 45.8 Å². The first-order valence-electron chi connectivity index (χ1n) is 9.81. The summed E-state index contributed by atoms with van der Waals surface area (Å²) in [5.41, 5.74) is 0.602. The first-order valence-corrected chi connectivity index (χ1v) is 9.81. The van der Waals surface area contributed by atoms with Crippen molar-refractivity contribution in [1.82, 2.24) is 19.9 Å². The lowest BCUT2D eigenvalue weighted by atomic mass is 10.2. The lowest BCUT2D eigenvalue weighted by Crippen LogP contribution is -2.35. The molecule has 0 radical (unpaired) electrons. The van der Waals surface area contributed by atoms with Gasteiger partial charge in [0.1, 0.15) is 0 Å². The summed E-state index contributed by atoms with van der Waals surface area (Å²) in [6, 6.07) is 6.28. The minimum absolute atomic E-state index is 0.0164. The molecule has 3 heterocycles. The van der Waals surface area contributed by atoms with Crippen LogP contribution >= 0.6 is 0 Å². The van der Waals surface area contributed by atoms with Crippen molar-refractivity contribution in [3.05, 3.63) is 40.3 Å². The molecule has 1 atom stereocenters. The molecule has 0 aliphatic carbocycles. The van der Waals surface area contributed by atoms with Gasteiger partial charge >= 0.3 is 0 Å². The zero-order chi connectivity index (χ0) is 19.3. The number of hydrogen-bond donors (Lipinski definition) is 0. The Labute approximate surface area is 163 Å². The quantitative estimate of drug-likeness (QED) is 0.550. The van der Waals surface area contributed by atoms with Crippen LogP contribution < -0.4 is 0 Å². The number of ether oxygens (including phenoxy) is 1. The van der Waals surface area contributed by atoms with E-state index < -0.39 is 4.92 Å². The number of rotatable bonds is 6. The van der Waals surface area contributed by atoms with E-state index in [0.29, 0.717) is 29.9 Å². The van der Waals surface area contributed by atoms with Gasteiger partial charge in [-0.05, 0) is 32.4 Å². The van der Waals surface area contributed by atoms with Gasteiger partial charge < -0.3 is 9.26 Å². The third kappa shape index (κ3) is 4.73. The predicted octanol–water partition coefficient (Wildman–Crippen LogP) is 2.33. The molecule has 4 rings (SSSR count). The van der Waals surface area contributed by atoms with Crippen LogP contribution in [0.2, 0.25) is 0 Å². The second-order valence-electron chi connectivity index (χ2n) is 7.38. The highest BCUT2D eigenvalue weighted by atomic mass is 16.6. The van der Waals surface area contributed by atoms with E-state index in [-0.39, 0.29) is 5.69 Å². The van der Waals surface area contributed by atoms with Crippen molar-refractivity contribution in [2.45, 2.75) is 31.9 Å². The molecule has 2 fully saturated rings. The molecule has 0 amide bonds. The van der Waals surface area contributed by atoms with Crippen molar-refractivity contribution < 1.29 is 14.2 Å². The molecule has 28 heavy (non-hydrogen) atoms. The Hall–Kier alpha value is -2.36. The SMILES string of the molecule is O=[N+]([O-])c1cccc(-c2noc(CN3CCCN(C[C@@H]4CCCO4)CC3)n2)c1. The van der Waals surface area contributed by atoms with Crippen LogP contribution in [0.5, 0.6) is 0 Å². The molecule has 2 aliphatic heterocycles. The fourth-order valence-corrected chi connectivity index (χ4v) is 3.83. The predicted molar refractivity (Wildman–Crippen MR) is 102 cm³/mol. The second kappa shape index (κ2) is 8.76. The van der Waals surface area contributed by atoms with Crippen molar-refractivity contribution in [2.24, 2.45) is 0 Å². The third-order valence-corrected chi connectivity index (χ3v) is 5.31. The van der Waals surface area contributed by atoms with Crippen LogP contribution in [0.1, 0.15) is 25.2 Å². The molecule has 1 aromatic heterocycles. The zero-order valence-electron chi connectivity index (χ0n) is 15.8. The minimum atomic E-state index is -0.426. The lowest BCUT2D eigenvalue weighted by Gasteiger charge is -2.23. The number of nitro groups is 1. The molecule has 0 spiro atoms. The summed E-state index contributed by atoms with van der Waals surface area (Å²) in [5, 5.41) is 14.9. The molecule has 0 unspecified atom stereocenters. The summed E-state index contributed by atoms with van der Waals surface area (Å²) in [5.74, 6) is 0.919. The van der Waals surface area contributed by atoms with E-state index >= 15 is 0 Å². The van der Waals surface area contributed by atoms with Crippen molar-refractivity contribution in [3.63, 3.8) is 0 Å². The van der Waals surface area contributed by atoms with Crippen molar-refractivity contribution in [3.8, 4) is 11.4 Å². The van der Waals surface area contributed by atoms with Crippen molar-refractivity contribution in [2.75, 3.05) is 39.3 Å². The standard InChI is InChI=1S/C19H25N5O4/c25-24(26)16-5-1-4-15(12-16)19-20-18(28-21-19)14-23-8-3-7-22(9-10-23)13-17-6-2-11-27-17/h1,4-5,12,17H,2-3,6-11,13-14H2/t17-/m0/s1. The number of aromatic nitrogens is 2. The monoisotopic (exact) mass is 387 g/mol. The van der Waals surface area contributed by atoms with Gasteiger partial charge in [0.05, 0.1) is 17.6 Å². The Kier molecular flexibility index (Phi) is 5.94. The van der Waals surface area contributed by atoms with Crippen molar-refractivity contribution >= 4 is 5.69 Å². The van der Waals surface area contributed by atoms with Gasteiger partial charge in [-0.2, -0.15) is 4.98 Å². The summed E-state index contributed by atoms with van der Waals surface area (Å²) in [7, 11) is 0. The van der Waals surface area contributed by atoms with Crippen LogP contribution in [0.3, 0.4) is 0 Å². The average molecular weight is 387 g/mol. The van der Waals surface area contributed by atoms with Crippen molar-refractivity contribution in [1.29, 1.82) is 0 Å². The maximum Gasteiger partial charge on any atom is 0.270 e. The van der Waals surface area contributed by atoms with E-state index in [1.54, 1.807) is 12.1 Å². The first-order chi connectivity index (χ1) is 13.7. The number of non-ortho nitro benzene ring substituents is 1. The Morgan fingerprint density at radius 3 is 2.86 bits per heavy atom. The maximum absolute atomic E-state index is 10.9. The molecule has 0 bridgehead atoms. The van der Waals surface area contributed by atoms with Gasteiger partial charge in [0.25, 0.3) is 5.69 Å². The molecule has 0 N–H and O–H groups in total. The van der Waals surface area contributed by atoms with Crippen LogP contribution in [0.25, 0.3) is 11.4 Å². The molecule has 0 saturated carbocycles. The average Bonchev–Trinajstić information content (AvgIpc) is 3.33. The van der Waals surface area contributed by atoms with Crippen LogP contribution in [0.4, 0.5) is 5.69 Å². The highest BCUT2D eigenvalue weighted by molar-refractivity contribution is 5.58. The van der Waals surface area contributed by atoms with E-state index in [2.05, 4.69) is 19.9 Å². The molecule has 2 aromatic rings. The van der Waals surface area contributed by atoms with Crippen LogP contribution in [0.15, 0.2) is 28.8 Å². The highest BCUT2D eigenvalue weighted by Crippen LogP contribution is 2.22. The molecule has 150 valence electrons. The molecule has 2 aliphatic rings. The van der Waals surface area contributed by atoms with Gasteiger partial charge in [-0.1, -0.05) is 17.3 Å². The van der Waals surface area contributed by atoms with Crippen LogP contribution in [0, 0.1) is 10.1 Å². The normalized spacial score (nSPS) is 21.6. The largest absolute Gasteiger partial charge is 0.377 e. The molecule has 2 saturated heterocycles. The Morgan fingerprint density at radius 1 is 1.18 bits per heavy atom. The van der Waals surface area contributed by atoms with Gasteiger partial charge in [-0.3, -0.25) is 19.9 Å². The zero-order valence-corrected chi connectivity index (χ0v) is 15.8. The molecular weight excluding hydrogens is 362 g/mol. The molecule has 9 heteroatoms. The Bertz CT molecular complexity index is 805. The van der Waals surface area contributed by atoms with E-state index in [1.807, 2.05) is 0 Å². The summed E-state index contributed by atoms with van der Waals surface area (Å²) >= 11 is 0. The summed E-state index contributed by atoms with van der Waals surface area (Å²) in [4.78, 5) is 19.8. The molecule has 9 nitrogen and oxygen atoms in total. The Balaban J connectivity index is 1.33. The third-order valence-electron chi connectivity index (χ3n) is 5.31. The van der Waals surface area contributed by atoms with Crippen LogP contribution in [-0.2, 0) is 11.3 Å². The number of benzene rings is 1. The Morgan fingerprint density at radius 2 is 2.04 bits per heavy atom. The van der Waals surface area contributed by atoms with Gasteiger partial charge in [-0.25, -0.2) is 0 Å². The fourth-order valence-electron chi connectivity index (χ4n) is 3.83. The van der Waals surface area contributed by atoms with Gasteiger partial charge in [0.15, 0.2) is 0 Å². The topological polar surface area (TPSA) is 97.8 Å². The highest BCUT2D eigenvalue weighted by Gasteiger charge is 2.22. The van der Waals surface area contributed by atoms with Gasteiger partial charge in [-0.15, -0.1) is 0 Å². The number of nitro benzene ring substituents is 1. The van der Waals surface area contributed by atoms with Crippen LogP contribution in [-0.4, -0.2) is 70.3 Å². The number of nitrogens with zero attached hydrogens (tertiary/aromatic N) is 5. The summed E-state index contributed by atoms with van der Waals surface area (Å²) in [6.07, 6.45) is 3.83. The van der Waals surface area contributed by atoms with Gasteiger partial charge in [0.2, 0.25) is 11.7 Å². The minimum Gasteiger partial charge on any atom is -0.377 e. The van der Waals surface area contributed by atoms with E-state index in [4.69, 9.17) is 9.26 Å². The lowest BCUT2D eigenvalue weighted by molar-refractivity contribution is -0.384. The summed E-state index contributed by atoms with van der Waals surface area (Å²) in [6.45, 7) is 6.53.